The van der Waals surface area contributed by atoms with E-state index in [1.807, 2.05) is 0 Å². The first-order valence-corrected chi connectivity index (χ1v) is 10.2. The molecule has 1 atom stereocenters. The molecule has 4 heteroatoms. The Balaban J connectivity index is 1.88. The van der Waals surface area contributed by atoms with Crippen LogP contribution in [0.5, 0.6) is 0 Å². The fourth-order valence-electron chi connectivity index (χ4n) is 2.07. The van der Waals surface area contributed by atoms with E-state index in [1.54, 1.807) is 0 Å². The van der Waals surface area contributed by atoms with Gasteiger partial charge in [-0.25, -0.2) is 0 Å². The van der Waals surface area contributed by atoms with Gasteiger partial charge < -0.3 is 8.85 Å². The predicted molar refractivity (Wildman–Crippen MR) is 74.0 cm³/mol. The largest absolute Gasteiger partial charge is 0.393 e. The van der Waals surface area contributed by atoms with E-state index in [4.69, 9.17) is 8.85 Å². The second-order valence-corrected chi connectivity index (χ2v) is 10.5. The van der Waals surface area contributed by atoms with Gasteiger partial charge in [0.25, 0.3) is 9.76 Å². The summed E-state index contributed by atoms with van der Waals surface area (Å²) in [6.45, 7) is 6.69. The summed E-state index contributed by atoms with van der Waals surface area (Å²) >= 11 is 0. The van der Waals surface area contributed by atoms with E-state index in [1.165, 1.54) is 23.2 Å². The maximum absolute atomic E-state index is 6.06. The van der Waals surface area contributed by atoms with Crippen LogP contribution in [0.15, 0.2) is 24.3 Å². The molecule has 2 nitrogen and oxygen atoms in total. The van der Waals surface area contributed by atoms with Crippen molar-refractivity contribution in [3.63, 3.8) is 0 Å². The van der Waals surface area contributed by atoms with Crippen LogP contribution in [0.25, 0.3) is 0 Å². The van der Waals surface area contributed by atoms with Crippen molar-refractivity contribution in [3.8, 4) is 0 Å². The summed E-state index contributed by atoms with van der Waals surface area (Å²) in [6.07, 6.45) is 2.33. The van der Waals surface area contributed by atoms with Crippen LogP contribution >= 0.6 is 0 Å². The first kappa shape index (κ1) is 13.0. The van der Waals surface area contributed by atoms with Gasteiger partial charge in [0.1, 0.15) is 6.29 Å². The molecule has 1 unspecified atom stereocenters. The van der Waals surface area contributed by atoms with Crippen molar-refractivity contribution in [1.82, 2.24) is 0 Å². The van der Waals surface area contributed by atoms with Gasteiger partial charge in [0.05, 0.1) is 0 Å². The van der Waals surface area contributed by atoms with Crippen molar-refractivity contribution in [2.75, 3.05) is 0 Å². The third kappa shape index (κ3) is 3.77. The van der Waals surface area contributed by atoms with E-state index in [0.29, 0.717) is 9.76 Å². The van der Waals surface area contributed by atoms with Crippen LogP contribution < -0.4 is 5.19 Å². The van der Waals surface area contributed by atoms with E-state index in [2.05, 4.69) is 44.3 Å². The number of benzene rings is 1. The molecule has 1 aliphatic rings. The molecule has 0 N–H and O–H groups in total. The molecule has 1 heterocycles. The molecule has 0 amide bonds. The average molecular weight is 264 g/mol. The molecule has 92 valence electrons. The van der Waals surface area contributed by atoms with Crippen LogP contribution in [0.4, 0.5) is 0 Å². The fourth-order valence-corrected chi connectivity index (χ4v) is 5.05. The highest BCUT2D eigenvalue weighted by molar-refractivity contribution is 6.71. The second-order valence-electron chi connectivity index (χ2n) is 5.23. The molecule has 0 spiro atoms. The van der Waals surface area contributed by atoms with Gasteiger partial charge in [-0.3, -0.25) is 0 Å². The van der Waals surface area contributed by atoms with Crippen molar-refractivity contribution >= 4 is 23.3 Å². The van der Waals surface area contributed by atoms with Crippen molar-refractivity contribution in [3.05, 3.63) is 29.8 Å². The Hall–Kier alpha value is -0.426. The van der Waals surface area contributed by atoms with E-state index in [0.717, 1.165) is 6.42 Å². The molecule has 0 aliphatic carbocycles. The van der Waals surface area contributed by atoms with Gasteiger partial charge in [-0.1, -0.05) is 24.3 Å². The van der Waals surface area contributed by atoms with Crippen molar-refractivity contribution in [1.29, 1.82) is 0 Å². The Labute approximate surface area is 107 Å². The molecule has 2 radical (unpaired) electrons. The molecule has 17 heavy (non-hydrogen) atoms. The zero-order chi connectivity index (χ0) is 12.3. The van der Waals surface area contributed by atoms with Gasteiger partial charge in [0.2, 0.25) is 0 Å². The maximum atomic E-state index is 6.06. The summed E-state index contributed by atoms with van der Waals surface area (Å²) in [5, 5.41) is 1.29. The SMILES string of the molecule is Cc1ccccc1[Si]OC1CCC[Si](C)(C)O1. The molecular formula is C13H20O2Si2. The molecule has 2 rings (SSSR count). The van der Waals surface area contributed by atoms with Crippen LogP contribution in [-0.2, 0) is 8.85 Å². The van der Waals surface area contributed by atoms with Gasteiger partial charge in [-0.05, 0) is 49.7 Å². The third-order valence-electron chi connectivity index (χ3n) is 3.11. The first-order chi connectivity index (χ1) is 8.07. The lowest BCUT2D eigenvalue weighted by molar-refractivity contribution is -0.0157. The van der Waals surface area contributed by atoms with Crippen molar-refractivity contribution in [2.24, 2.45) is 0 Å². The van der Waals surface area contributed by atoms with Crippen LogP contribution in [0.2, 0.25) is 19.1 Å². The summed E-state index contributed by atoms with van der Waals surface area (Å²) in [5.74, 6) is 0. The van der Waals surface area contributed by atoms with Crippen molar-refractivity contribution in [2.45, 2.75) is 45.2 Å². The molecule has 1 saturated heterocycles. The highest BCUT2D eigenvalue weighted by Crippen LogP contribution is 2.25. The minimum atomic E-state index is -1.43. The van der Waals surface area contributed by atoms with Crippen LogP contribution in [0, 0.1) is 6.92 Å². The van der Waals surface area contributed by atoms with Crippen LogP contribution in [0.1, 0.15) is 18.4 Å². The monoisotopic (exact) mass is 264 g/mol. The lowest BCUT2D eigenvalue weighted by atomic mass is 10.2. The number of rotatable bonds is 3. The van der Waals surface area contributed by atoms with E-state index in [9.17, 15) is 0 Å². The number of hydrogen-bond acceptors (Lipinski definition) is 2. The first-order valence-electron chi connectivity index (χ1n) is 6.22. The summed E-state index contributed by atoms with van der Waals surface area (Å²) in [4.78, 5) is 0. The predicted octanol–water partition coefficient (Wildman–Crippen LogP) is 2.60. The van der Waals surface area contributed by atoms with Gasteiger partial charge in [0.15, 0.2) is 8.32 Å². The molecule has 0 saturated carbocycles. The standard InChI is InChI=1S/C13H20O2Si2/c1-11-7-4-5-8-12(11)16-14-13-9-6-10-17(2,3)15-13/h4-5,7-8,13H,6,9-10H2,1-3H3. The summed E-state index contributed by atoms with van der Waals surface area (Å²) in [5.41, 5.74) is 1.30. The van der Waals surface area contributed by atoms with Gasteiger partial charge in [-0.15, -0.1) is 0 Å². The highest BCUT2D eigenvalue weighted by atomic mass is 28.4. The molecule has 1 aromatic rings. The van der Waals surface area contributed by atoms with E-state index < -0.39 is 8.32 Å². The second kappa shape index (κ2) is 5.48. The third-order valence-corrected chi connectivity index (χ3v) is 6.73. The van der Waals surface area contributed by atoms with Crippen LogP contribution in [-0.4, -0.2) is 24.4 Å². The number of aryl methyl sites for hydroxylation is 1. The molecular weight excluding hydrogens is 244 g/mol. The van der Waals surface area contributed by atoms with Gasteiger partial charge in [0, 0.05) is 0 Å². The Morgan fingerprint density at radius 2 is 2.12 bits per heavy atom. The van der Waals surface area contributed by atoms with Crippen molar-refractivity contribution < 1.29 is 8.85 Å². The Morgan fingerprint density at radius 3 is 2.82 bits per heavy atom. The zero-order valence-electron chi connectivity index (χ0n) is 10.8. The van der Waals surface area contributed by atoms with E-state index in [-0.39, 0.29) is 6.29 Å². The Bertz CT molecular complexity index is 379. The molecule has 1 aromatic carbocycles. The average Bonchev–Trinajstić information content (AvgIpc) is 2.27. The minimum Gasteiger partial charge on any atom is -0.393 e. The molecule has 1 fully saturated rings. The lowest BCUT2D eigenvalue weighted by Gasteiger charge is -2.34. The zero-order valence-corrected chi connectivity index (χ0v) is 12.8. The Morgan fingerprint density at radius 1 is 1.35 bits per heavy atom. The summed E-state index contributed by atoms with van der Waals surface area (Å²) < 4.78 is 12.0. The topological polar surface area (TPSA) is 18.5 Å². The Kier molecular flexibility index (Phi) is 4.19. The molecule has 0 bridgehead atoms. The number of hydrogen-bond donors (Lipinski definition) is 0. The molecule has 0 aromatic heterocycles. The summed E-state index contributed by atoms with van der Waals surface area (Å²) in [7, 11) is -1.02. The smallest absolute Gasteiger partial charge is 0.272 e. The minimum absolute atomic E-state index is 0.0309. The van der Waals surface area contributed by atoms with Gasteiger partial charge in [-0.2, -0.15) is 0 Å². The van der Waals surface area contributed by atoms with Crippen LogP contribution in [0.3, 0.4) is 0 Å². The summed E-state index contributed by atoms with van der Waals surface area (Å²) in [6, 6.07) is 9.67. The lowest BCUT2D eigenvalue weighted by Crippen LogP contribution is -2.42. The normalized spacial score (nSPS) is 23.6. The highest BCUT2D eigenvalue weighted by Gasteiger charge is 2.31. The van der Waals surface area contributed by atoms with E-state index >= 15 is 0 Å². The quantitative estimate of drug-likeness (QED) is 0.781. The van der Waals surface area contributed by atoms with Gasteiger partial charge >= 0.3 is 0 Å². The fraction of sp³-hybridized carbons (Fsp3) is 0.538. The molecule has 1 aliphatic heterocycles. The maximum Gasteiger partial charge on any atom is 0.272 e.